The molecule has 0 amide bonds. The number of benzene rings is 2. The standard InChI is InChI=1S/C18H14N4O2S/c1-4-15-16(24-10-23-15)7-11(1)9-20-18-21-13-3-2-12(8-14(13)22-18)17-19-5-6-25-17/h1-8H,9-10H2,(H2,20,21,22). The van der Waals surface area contributed by atoms with Crippen molar-refractivity contribution in [2.24, 2.45) is 0 Å². The fourth-order valence-corrected chi connectivity index (χ4v) is 3.46. The van der Waals surface area contributed by atoms with Crippen LogP contribution >= 0.6 is 11.3 Å². The second-order valence-corrected chi connectivity index (χ2v) is 6.59. The second-order valence-electron chi connectivity index (χ2n) is 5.70. The van der Waals surface area contributed by atoms with E-state index < -0.39 is 0 Å². The monoisotopic (exact) mass is 350 g/mol. The second kappa shape index (κ2) is 5.78. The van der Waals surface area contributed by atoms with Crippen LogP contribution in [0.5, 0.6) is 11.5 Å². The first-order chi connectivity index (χ1) is 12.3. The molecule has 2 N–H and O–H groups in total. The van der Waals surface area contributed by atoms with E-state index in [4.69, 9.17) is 9.47 Å². The lowest BCUT2D eigenvalue weighted by Crippen LogP contribution is -2.00. The topological polar surface area (TPSA) is 72.1 Å². The van der Waals surface area contributed by atoms with E-state index in [2.05, 4.69) is 26.3 Å². The van der Waals surface area contributed by atoms with Gasteiger partial charge in [0.1, 0.15) is 5.01 Å². The summed E-state index contributed by atoms with van der Waals surface area (Å²) >= 11 is 1.63. The van der Waals surface area contributed by atoms with Crippen molar-refractivity contribution < 1.29 is 9.47 Å². The maximum Gasteiger partial charge on any atom is 0.231 e. The normalized spacial score (nSPS) is 12.6. The van der Waals surface area contributed by atoms with Gasteiger partial charge in [0.25, 0.3) is 0 Å². The average Bonchev–Trinajstić information content (AvgIpc) is 3.38. The van der Waals surface area contributed by atoms with Crippen LogP contribution in [0.4, 0.5) is 5.95 Å². The van der Waals surface area contributed by atoms with Crippen LogP contribution in [0.2, 0.25) is 0 Å². The number of hydrogen-bond donors (Lipinski definition) is 2. The van der Waals surface area contributed by atoms with Crippen molar-refractivity contribution in [3.05, 3.63) is 53.5 Å². The van der Waals surface area contributed by atoms with E-state index in [-0.39, 0.29) is 6.79 Å². The molecule has 0 unspecified atom stereocenters. The molecule has 0 fully saturated rings. The molecule has 0 saturated carbocycles. The lowest BCUT2D eigenvalue weighted by Gasteiger charge is -2.04. The van der Waals surface area contributed by atoms with Crippen LogP contribution in [0.15, 0.2) is 48.0 Å². The first kappa shape index (κ1) is 14.3. The summed E-state index contributed by atoms with van der Waals surface area (Å²) in [5.41, 5.74) is 4.11. The number of fused-ring (bicyclic) bond motifs is 2. The summed E-state index contributed by atoms with van der Waals surface area (Å²) in [6.07, 6.45) is 1.81. The molecule has 3 heterocycles. The van der Waals surface area contributed by atoms with Gasteiger partial charge in [-0.05, 0) is 35.9 Å². The van der Waals surface area contributed by atoms with Gasteiger partial charge in [-0.15, -0.1) is 11.3 Å². The number of thiazole rings is 1. The largest absolute Gasteiger partial charge is 0.454 e. The molecule has 0 aliphatic carbocycles. The number of nitrogens with zero attached hydrogens (tertiary/aromatic N) is 2. The van der Waals surface area contributed by atoms with Crippen LogP contribution < -0.4 is 14.8 Å². The van der Waals surface area contributed by atoms with Crippen LogP contribution in [-0.2, 0) is 6.54 Å². The number of H-pyrrole nitrogens is 1. The van der Waals surface area contributed by atoms with Gasteiger partial charge in [-0.1, -0.05) is 6.07 Å². The molecule has 2 aromatic carbocycles. The summed E-state index contributed by atoms with van der Waals surface area (Å²) in [5.74, 6) is 2.32. The molecule has 124 valence electrons. The van der Waals surface area contributed by atoms with Crippen LogP contribution in [0.3, 0.4) is 0 Å². The number of aromatic nitrogens is 3. The van der Waals surface area contributed by atoms with E-state index in [1.807, 2.05) is 41.9 Å². The third-order valence-electron chi connectivity index (χ3n) is 4.06. The van der Waals surface area contributed by atoms with E-state index >= 15 is 0 Å². The quantitative estimate of drug-likeness (QED) is 0.581. The van der Waals surface area contributed by atoms with E-state index in [1.54, 1.807) is 11.3 Å². The Kier molecular flexibility index (Phi) is 3.31. The highest BCUT2D eigenvalue weighted by Crippen LogP contribution is 2.32. The molecule has 7 heteroatoms. The molecule has 0 atom stereocenters. The SMILES string of the molecule is c1csc(-c2ccc3nc(NCc4ccc5c(c4)OCO5)[nH]c3c2)n1. The predicted octanol–water partition coefficient (Wildman–Crippen LogP) is 4.03. The molecule has 2 aromatic heterocycles. The zero-order valence-corrected chi connectivity index (χ0v) is 14.0. The summed E-state index contributed by atoms with van der Waals surface area (Å²) in [7, 11) is 0. The number of anilines is 1. The molecule has 4 aromatic rings. The summed E-state index contributed by atoms with van der Waals surface area (Å²) < 4.78 is 10.7. The van der Waals surface area contributed by atoms with Crippen LogP contribution in [-0.4, -0.2) is 21.7 Å². The van der Waals surface area contributed by atoms with Crippen LogP contribution in [0.1, 0.15) is 5.56 Å². The minimum absolute atomic E-state index is 0.289. The van der Waals surface area contributed by atoms with Crippen molar-refractivity contribution in [3.8, 4) is 22.1 Å². The third-order valence-corrected chi connectivity index (χ3v) is 4.88. The van der Waals surface area contributed by atoms with Crippen LogP contribution in [0, 0.1) is 0 Å². The van der Waals surface area contributed by atoms with Crippen molar-refractivity contribution in [2.45, 2.75) is 6.54 Å². The molecule has 25 heavy (non-hydrogen) atoms. The zero-order chi connectivity index (χ0) is 16.6. The molecule has 1 aliphatic heterocycles. The Balaban J connectivity index is 1.36. The number of nitrogens with one attached hydrogen (secondary N) is 2. The van der Waals surface area contributed by atoms with Gasteiger partial charge in [0.15, 0.2) is 11.5 Å². The number of imidazole rings is 1. The summed E-state index contributed by atoms with van der Waals surface area (Å²) in [6, 6.07) is 12.1. The van der Waals surface area contributed by atoms with Gasteiger partial charge in [0.05, 0.1) is 11.0 Å². The van der Waals surface area contributed by atoms with E-state index in [9.17, 15) is 0 Å². The highest BCUT2D eigenvalue weighted by atomic mass is 32.1. The molecule has 0 saturated heterocycles. The third kappa shape index (κ3) is 2.68. The first-order valence-electron chi connectivity index (χ1n) is 7.87. The van der Waals surface area contributed by atoms with Gasteiger partial charge in [-0.2, -0.15) is 0 Å². The van der Waals surface area contributed by atoms with Gasteiger partial charge in [-0.3, -0.25) is 0 Å². The van der Waals surface area contributed by atoms with Crippen molar-refractivity contribution in [3.63, 3.8) is 0 Å². The Morgan fingerprint density at radius 1 is 1.12 bits per heavy atom. The van der Waals surface area contributed by atoms with E-state index in [0.717, 1.165) is 44.6 Å². The summed E-state index contributed by atoms with van der Waals surface area (Å²) in [6.45, 7) is 0.938. The fraction of sp³-hybridized carbons (Fsp3) is 0.111. The molecular formula is C18H14N4O2S. The van der Waals surface area contributed by atoms with Gasteiger partial charge in [0.2, 0.25) is 12.7 Å². The minimum atomic E-state index is 0.289. The highest BCUT2D eigenvalue weighted by Gasteiger charge is 2.13. The zero-order valence-electron chi connectivity index (χ0n) is 13.2. The Morgan fingerprint density at radius 2 is 2.08 bits per heavy atom. The summed E-state index contributed by atoms with van der Waals surface area (Å²) in [4.78, 5) is 12.3. The average molecular weight is 350 g/mol. The van der Waals surface area contributed by atoms with E-state index in [0.29, 0.717) is 6.54 Å². The van der Waals surface area contributed by atoms with Gasteiger partial charge < -0.3 is 19.8 Å². The molecule has 6 nitrogen and oxygen atoms in total. The molecular weight excluding hydrogens is 336 g/mol. The lowest BCUT2D eigenvalue weighted by atomic mass is 10.2. The predicted molar refractivity (Wildman–Crippen MR) is 97.1 cm³/mol. The van der Waals surface area contributed by atoms with Crippen molar-refractivity contribution in [1.29, 1.82) is 0 Å². The van der Waals surface area contributed by atoms with Gasteiger partial charge >= 0.3 is 0 Å². The maximum atomic E-state index is 5.41. The Bertz CT molecular complexity index is 1040. The van der Waals surface area contributed by atoms with Crippen molar-refractivity contribution >= 4 is 28.3 Å². The number of rotatable bonds is 4. The Morgan fingerprint density at radius 3 is 3.00 bits per heavy atom. The Labute approximate surface area is 147 Å². The molecule has 0 bridgehead atoms. The Hall–Kier alpha value is -3.06. The molecule has 0 radical (unpaired) electrons. The molecule has 1 aliphatic rings. The number of ether oxygens (including phenoxy) is 2. The highest BCUT2D eigenvalue weighted by molar-refractivity contribution is 7.13. The van der Waals surface area contributed by atoms with Gasteiger partial charge in [-0.25, -0.2) is 9.97 Å². The van der Waals surface area contributed by atoms with Gasteiger partial charge in [0, 0.05) is 23.7 Å². The summed E-state index contributed by atoms with van der Waals surface area (Å²) in [5, 5.41) is 6.30. The minimum Gasteiger partial charge on any atom is -0.454 e. The van der Waals surface area contributed by atoms with Crippen molar-refractivity contribution in [1.82, 2.24) is 15.0 Å². The fourth-order valence-electron chi connectivity index (χ4n) is 2.83. The maximum absolute atomic E-state index is 5.41. The van der Waals surface area contributed by atoms with E-state index in [1.165, 1.54) is 0 Å². The number of aromatic amines is 1. The van der Waals surface area contributed by atoms with Crippen molar-refractivity contribution in [2.75, 3.05) is 12.1 Å². The molecule has 5 rings (SSSR count). The van der Waals surface area contributed by atoms with Crippen LogP contribution in [0.25, 0.3) is 21.6 Å². The number of hydrogen-bond acceptors (Lipinski definition) is 6. The first-order valence-corrected chi connectivity index (χ1v) is 8.75. The lowest BCUT2D eigenvalue weighted by molar-refractivity contribution is 0.174. The molecule has 0 spiro atoms. The smallest absolute Gasteiger partial charge is 0.231 e.